The lowest BCUT2D eigenvalue weighted by atomic mass is 10.0. The molecule has 3 heteroatoms. The van der Waals surface area contributed by atoms with Crippen molar-refractivity contribution in [2.75, 3.05) is 0 Å². The monoisotopic (exact) mass is 169 g/mol. The smallest absolute Gasteiger partial charge is 0.302 e. The van der Waals surface area contributed by atoms with Crippen molar-refractivity contribution in [3.05, 3.63) is 0 Å². The first-order valence-corrected chi connectivity index (χ1v) is 4.17. The summed E-state index contributed by atoms with van der Waals surface area (Å²) in [4.78, 5) is 10.5. The molecular formula is C9H15NO2. The van der Waals surface area contributed by atoms with Crippen LogP contribution < -0.4 is 0 Å². The minimum absolute atomic E-state index is 0.000602. The number of rotatable bonds is 4. The summed E-state index contributed by atoms with van der Waals surface area (Å²) < 4.78 is 4.89. The topological polar surface area (TPSA) is 50.1 Å². The van der Waals surface area contributed by atoms with Gasteiger partial charge in [0.15, 0.2) is 0 Å². The van der Waals surface area contributed by atoms with Gasteiger partial charge in [0.25, 0.3) is 0 Å². The first kappa shape index (κ1) is 11.0. The molecule has 0 radical (unpaired) electrons. The summed E-state index contributed by atoms with van der Waals surface area (Å²) in [6, 6.07) is 2.16. The minimum Gasteiger partial charge on any atom is -0.463 e. The molecule has 0 N–H and O–H groups in total. The largest absolute Gasteiger partial charge is 0.463 e. The molecule has 0 heterocycles. The zero-order chi connectivity index (χ0) is 9.56. The summed E-state index contributed by atoms with van der Waals surface area (Å²) in [7, 11) is 0. The van der Waals surface area contributed by atoms with Gasteiger partial charge >= 0.3 is 5.97 Å². The molecule has 0 aromatic heterocycles. The van der Waals surface area contributed by atoms with E-state index in [1.165, 1.54) is 6.92 Å². The Hall–Kier alpha value is -1.04. The van der Waals surface area contributed by atoms with E-state index in [-0.39, 0.29) is 18.0 Å². The van der Waals surface area contributed by atoms with Gasteiger partial charge in [-0.15, -0.1) is 0 Å². The van der Waals surface area contributed by atoms with Gasteiger partial charge < -0.3 is 4.74 Å². The van der Waals surface area contributed by atoms with Crippen LogP contribution in [-0.4, -0.2) is 12.1 Å². The first-order chi connectivity index (χ1) is 5.60. The molecule has 0 aliphatic rings. The number of esters is 1. The third-order valence-corrected chi connectivity index (χ3v) is 1.66. The average Bonchev–Trinajstić information content (AvgIpc) is 1.98. The molecule has 0 saturated heterocycles. The van der Waals surface area contributed by atoms with Crippen LogP contribution in [0.2, 0.25) is 0 Å². The molecule has 0 spiro atoms. The highest BCUT2D eigenvalue weighted by molar-refractivity contribution is 5.66. The van der Waals surface area contributed by atoms with E-state index < -0.39 is 0 Å². The predicted molar refractivity (Wildman–Crippen MR) is 45.2 cm³/mol. The standard InChI is InChI=1S/C9H15NO2/c1-4-9(6-10)5-7(2)12-8(3)11/h7,9H,4-5H2,1-3H3. The summed E-state index contributed by atoms with van der Waals surface area (Å²) in [5.41, 5.74) is 0. The van der Waals surface area contributed by atoms with Crippen molar-refractivity contribution >= 4 is 5.97 Å². The Morgan fingerprint density at radius 3 is 2.58 bits per heavy atom. The number of carbonyl (C=O) groups excluding carboxylic acids is 1. The van der Waals surface area contributed by atoms with Crippen molar-refractivity contribution < 1.29 is 9.53 Å². The summed E-state index contributed by atoms with van der Waals surface area (Å²) >= 11 is 0. The van der Waals surface area contributed by atoms with Gasteiger partial charge in [-0.3, -0.25) is 4.79 Å². The van der Waals surface area contributed by atoms with E-state index >= 15 is 0 Å². The highest BCUT2D eigenvalue weighted by atomic mass is 16.5. The SMILES string of the molecule is CCC(C#N)CC(C)OC(C)=O. The van der Waals surface area contributed by atoms with Crippen LogP contribution in [0.25, 0.3) is 0 Å². The molecular weight excluding hydrogens is 154 g/mol. The van der Waals surface area contributed by atoms with Gasteiger partial charge in [-0.2, -0.15) is 5.26 Å². The molecule has 0 amide bonds. The van der Waals surface area contributed by atoms with Crippen molar-refractivity contribution in [3.63, 3.8) is 0 Å². The highest BCUT2D eigenvalue weighted by Crippen LogP contribution is 2.11. The van der Waals surface area contributed by atoms with E-state index in [1.807, 2.05) is 6.92 Å². The van der Waals surface area contributed by atoms with Crippen LogP contribution in [0.5, 0.6) is 0 Å². The molecule has 3 nitrogen and oxygen atoms in total. The second-order valence-electron chi connectivity index (χ2n) is 2.89. The number of hydrogen-bond donors (Lipinski definition) is 0. The first-order valence-electron chi connectivity index (χ1n) is 4.17. The molecule has 0 aromatic carbocycles. The maximum Gasteiger partial charge on any atom is 0.302 e. The highest BCUT2D eigenvalue weighted by Gasteiger charge is 2.12. The fourth-order valence-corrected chi connectivity index (χ4v) is 1.04. The van der Waals surface area contributed by atoms with Crippen LogP contribution in [0.1, 0.15) is 33.6 Å². The molecule has 68 valence electrons. The second-order valence-corrected chi connectivity index (χ2v) is 2.89. The van der Waals surface area contributed by atoms with Gasteiger partial charge in [-0.1, -0.05) is 6.92 Å². The Morgan fingerprint density at radius 1 is 1.67 bits per heavy atom. The number of hydrogen-bond acceptors (Lipinski definition) is 3. The quantitative estimate of drug-likeness (QED) is 0.604. The molecule has 0 fully saturated rings. The molecule has 12 heavy (non-hydrogen) atoms. The Kier molecular flexibility index (Phi) is 5.11. The molecule has 0 saturated carbocycles. The molecule has 0 aliphatic carbocycles. The maximum atomic E-state index is 10.5. The fraction of sp³-hybridized carbons (Fsp3) is 0.778. The number of ether oxygens (including phenoxy) is 1. The van der Waals surface area contributed by atoms with Crippen LogP contribution in [-0.2, 0) is 9.53 Å². The average molecular weight is 169 g/mol. The third kappa shape index (κ3) is 4.73. The summed E-state index contributed by atoms with van der Waals surface area (Å²) in [5, 5.41) is 8.62. The van der Waals surface area contributed by atoms with Crippen molar-refractivity contribution in [1.82, 2.24) is 0 Å². The summed E-state index contributed by atoms with van der Waals surface area (Å²) in [6.07, 6.45) is 1.29. The normalized spacial score (nSPS) is 14.5. The van der Waals surface area contributed by atoms with Crippen molar-refractivity contribution in [3.8, 4) is 6.07 Å². The van der Waals surface area contributed by atoms with E-state index in [0.717, 1.165) is 6.42 Å². The number of carbonyl (C=O) groups is 1. The van der Waals surface area contributed by atoms with Crippen LogP contribution in [0, 0.1) is 17.2 Å². The number of nitriles is 1. The van der Waals surface area contributed by atoms with Gasteiger partial charge in [0.1, 0.15) is 6.10 Å². The number of nitrogens with zero attached hydrogens (tertiary/aromatic N) is 1. The second kappa shape index (κ2) is 5.59. The van der Waals surface area contributed by atoms with Gasteiger partial charge in [-0.05, 0) is 19.8 Å². The van der Waals surface area contributed by atoms with Crippen LogP contribution in [0.15, 0.2) is 0 Å². The molecule has 0 aliphatic heterocycles. The maximum absolute atomic E-state index is 10.5. The molecule has 0 aromatic rings. The molecule has 0 bridgehead atoms. The lowest BCUT2D eigenvalue weighted by Gasteiger charge is -2.13. The van der Waals surface area contributed by atoms with Crippen molar-refractivity contribution in [2.45, 2.75) is 39.7 Å². The van der Waals surface area contributed by atoms with E-state index in [2.05, 4.69) is 6.07 Å². The third-order valence-electron chi connectivity index (χ3n) is 1.66. The van der Waals surface area contributed by atoms with E-state index in [9.17, 15) is 4.79 Å². The zero-order valence-corrected chi connectivity index (χ0v) is 7.83. The van der Waals surface area contributed by atoms with E-state index in [4.69, 9.17) is 10.00 Å². The minimum atomic E-state index is -0.282. The summed E-state index contributed by atoms with van der Waals surface area (Å²) in [6.45, 7) is 5.14. The van der Waals surface area contributed by atoms with E-state index in [1.54, 1.807) is 6.92 Å². The van der Waals surface area contributed by atoms with E-state index in [0.29, 0.717) is 6.42 Å². The van der Waals surface area contributed by atoms with Crippen LogP contribution in [0.3, 0.4) is 0 Å². The zero-order valence-electron chi connectivity index (χ0n) is 7.83. The van der Waals surface area contributed by atoms with Crippen molar-refractivity contribution in [2.24, 2.45) is 5.92 Å². The lowest BCUT2D eigenvalue weighted by Crippen LogP contribution is -2.15. The van der Waals surface area contributed by atoms with Gasteiger partial charge in [-0.25, -0.2) is 0 Å². The Bertz CT molecular complexity index is 183. The Labute approximate surface area is 73.3 Å². The predicted octanol–water partition coefficient (Wildman–Crippen LogP) is 1.88. The van der Waals surface area contributed by atoms with Crippen LogP contribution in [0.4, 0.5) is 0 Å². The summed E-state index contributed by atoms with van der Waals surface area (Å²) in [5.74, 6) is -0.283. The van der Waals surface area contributed by atoms with Gasteiger partial charge in [0, 0.05) is 12.8 Å². The lowest BCUT2D eigenvalue weighted by molar-refractivity contribution is -0.146. The Balaban J connectivity index is 3.75. The Morgan fingerprint density at radius 2 is 2.25 bits per heavy atom. The van der Waals surface area contributed by atoms with Gasteiger partial charge in [0.2, 0.25) is 0 Å². The molecule has 2 atom stereocenters. The molecule has 2 unspecified atom stereocenters. The van der Waals surface area contributed by atoms with Gasteiger partial charge in [0.05, 0.1) is 6.07 Å². The molecule has 0 rings (SSSR count). The fourth-order valence-electron chi connectivity index (χ4n) is 1.04. The van der Waals surface area contributed by atoms with Crippen molar-refractivity contribution in [1.29, 1.82) is 5.26 Å². The van der Waals surface area contributed by atoms with Crippen LogP contribution >= 0.6 is 0 Å².